The van der Waals surface area contributed by atoms with Crippen molar-refractivity contribution in [3.8, 4) is 17.9 Å². The van der Waals surface area contributed by atoms with Gasteiger partial charge in [0.1, 0.15) is 0 Å². The van der Waals surface area contributed by atoms with Gasteiger partial charge in [-0.1, -0.05) is 38.0 Å². The van der Waals surface area contributed by atoms with E-state index in [1.807, 2.05) is 30.3 Å². The Bertz CT molecular complexity index is 386. The van der Waals surface area contributed by atoms with Crippen LogP contribution in [-0.2, 0) is 0 Å². The van der Waals surface area contributed by atoms with Crippen LogP contribution in [0.1, 0.15) is 30.9 Å². The van der Waals surface area contributed by atoms with Crippen molar-refractivity contribution in [3.05, 3.63) is 35.4 Å². The number of nitrogens with zero attached hydrogens (tertiary/aromatic N) is 1. The molecule has 0 amide bonds. The fraction of sp³-hybridized carbons (Fsp3) is 0.250. The second-order valence-electron chi connectivity index (χ2n) is 3.10. The maximum absolute atomic E-state index is 8.33. The Hall–Kier alpha value is -1.73. The van der Waals surface area contributed by atoms with Gasteiger partial charge in [-0.2, -0.15) is 5.26 Å². The molecule has 13 heavy (non-hydrogen) atoms. The lowest BCUT2D eigenvalue weighted by atomic mass is 9.98. The number of rotatable bonds is 1. The van der Waals surface area contributed by atoms with Crippen LogP contribution in [0.3, 0.4) is 0 Å². The van der Waals surface area contributed by atoms with Gasteiger partial charge >= 0.3 is 0 Å². The highest BCUT2D eigenvalue weighted by Gasteiger charge is 2.02. The zero-order valence-corrected chi connectivity index (χ0v) is 7.83. The molecule has 1 aromatic carbocycles. The lowest BCUT2D eigenvalue weighted by molar-refractivity contribution is 0.863. The van der Waals surface area contributed by atoms with Gasteiger partial charge in [0, 0.05) is 11.5 Å². The van der Waals surface area contributed by atoms with Crippen molar-refractivity contribution >= 4 is 0 Å². The van der Waals surface area contributed by atoms with Gasteiger partial charge in [0.05, 0.1) is 0 Å². The summed E-state index contributed by atoms with van der Waals surface area (Å²) < 4.78 is 0. The lowest BCUT2D eigenvalue weighted by Crippen LogP contribution is -1.91. The summed E-state index contributed by atoms with van der Waals surface area (Å²) in [5, 5.41) is 8.33. The molecule has 0 unspecified atom stereocenters. The SMILES string of the molecule is CC(C)c1ccccc1C#CC#N. The average molecular weight is 169 g/mol. The molecule has 1 heteroatoms. The highest BCUT2D eigenvalue weighted by molar-refractivity contribution is 5.44. The third kappa shape index (κ3) is 2.36. The van der Waals surface area contributed by atoms with Crippen molar-refractivity contribution < 1.29 is 0 Å². The van der Waals surface area contributed by atoms with E-state index in [1.165, 1.54) is 5.56 Å². The van der Waals surface area contributed by atoms with Crippen LogP contribution in [0, 0.1) is 23.2 Å². The summed E-state index contributed by atoms with van der Waals surface area (Å²) >= 11 is 0. The Labute approximate surface area is 79.0 Å². The molecule has 0 saturated heterocycles. The molecule has 1 rings (SSSR count). The Kier molecular flexibility index (Phi) is 3.12. The first kappa shape index (κ1) is 9.36. The van der Waals surface area contributed by atoms with Gasteiger partial charge < -0.3 is 0 Å². The van der Waals surface area contributed by atoms with Crippen molar-refractivity contribution in [1.29, 1.82) is 5.26 Å². The standard InChI is InChI=1S/C12H11N/c1-10(2)12-8-4-3-6-11(12)7-5-9-13/h3-4,6,8,10H,1-2H3. The normalized spacial score (nSPS) is 8.77. The van der Waals surface area contributed by atoms with E-state index in [0.29, 0.717) is 5.92 Å². The molecule has 1 nitrogen and oxygen atoms in total. The Morgan fingerprint density at radius 1 is 1.23 bits per heavy atom. The maximum Gasteiger partial charge on any atom is 0.152 e. The summed E-state index contributed by atoms with van der Waals surface area (Å²) in [5.41, 5.74) is 2.16. The van der Waals surface area contributed by atoms with E-state index in [1.54, 1.807) is 0 Å². The molecule has 0 saturated carbocycles. The second-order valence-corrected chi connectivity index (χ2v) is 3.10. The highest BCUT2D eigenvalue weighted by atomic mass is 14.2. The van der Waals surface area contributed by atoms with Crippen molar-refractivity contribution in [1.82, 2.24) is 0 Å². The van der Waals surface area contributed by atoms with E-state index in [9.17, 15) is 0 Å². The minimum Gasteiger partial charge on any atom is -0.183 e. The highest BCUT2D eigenvalue weighted by Crippen LogP contribution is 2.17. The smallest absolute Gasteiger partial charge is 0.152 e. The summed E-state index contributed by atoms with van der Waals surface area (Å²) in [4.78, 5) is 0. The maximum atomic E-state index is 8.33. The van der Waals surface area contributed by atoms with E-state index < -0.39 is 0 Å². The molecule has 0 N–H and O–H groups in total. The van der Waals surface area contributed by atoms with Crippen molar-refractivity contribution in [2.24, 2.45) is 0 Å². The van der Waals surface area contributed by atoms with Crippen LogP contribution >= 0.6 is 0 Å². The van der Waals surface area contributed by atoms with Gasteiger partial charge in [-0.25, -0.2) is 0 Å². The number of benzene rings is 1. The summed E-state index contributed by atoms with van der Waals surface area (Å²) in [5.74, 6) is 5.70. The van der Waals surface area contributed by atoms with Crippen molar-refractivity contribution in [2.75, 3.05) is 0 Å². The number of hydrogen-bond donors (Lipinski definition) is 0. The van der Waals surface area contributed by atoms with E-state index in [-0.39, 0.29) is 0 Å². The Morgan fingerprint density at radius 2 is 1.92 bits per heavy atom. The summed E-state index contributed by atoms with van der Waals surface area (Å²) in [6.45, 7) is 4.24. The lowest BCUT2D eigenvalue weighted by Gasteiger charge is -2.06. The zero-order valence-electron chi connectivity index (χ0n) is 7.83. The van der Waals surface area contributed by atoms with Crippen molar-refractivity contribution in [2.45, 2.75) is 19.8 Å². The van der Waals surface area contributed by atoms with Crippen LogP contribution in [0.15, 0.2) is 24.3 Å². The molecule has 0 aliphatic heterocycles. The predicted molar refractivity (Wildman–Crippen MR) is 53.0 cm³/mol. The van der Waals surface area contributed by atoms with Gasteiger partial charge in [0.2, 0.25) is 0 Å². The number of nitriles is 1. The molecule has 1 aromatic rings. The van der Waals surface area contributed by atoms with Crippen LogP contribution in [0.2, 0.25) is 0 Å². The van der Waals surface area contributed by atoms with E-state index in [2.05, 4.69) is 25.7 Å². The van der Waals surface area contributed by atoms with Crippen molar-refractivity contribution in [3.63, 3.8) is 0 Å². The topological polar surface area (TPSA) is 23.8 Å². The number of hydrogen-bond acceptors (Lipinski definition) is 1. The van der Waals surface area contributed by atoms with Crippen LogP contribution in [0.4, 0.5) is 0 Å². The molecule has 0 atom stereocenters. The second kappa shape index (κ2) is 4.33. The predicted octanol–water partition coefficient (Wildman–Crippen LogP) is 2.69. The first-order chi connectivity index (χ1) is 6.25. The summed E-state index contributed by atoms with van der Waals surface area (Å²) in [7, 11) is 0. The van der Waals surface area contributed by atoms with E-state index >= 15 is 0 Å². The Balaban J connectivity index is 3.14. The zero-order chi connectivity index (χ0) is 9.68. The van der Waals surface area contributed by atoms with Crippen LogP contribution in [0.5, 0.6) is 0 Å². The third-order valence-electron chi connectivity index (χ3n) is 1.84. The molecule has 0 bridgehead atoms. The molecule has 0 heterocycles. The molecule has 0 aliphatic rings. The first-order valence-corrected chi connectivity index (χ1v) is 4.24. The van der Waals surface area contributed by atoms with Crippen LogP contribution in [-0.4, -0.2) is 0 Å². The summed E-state index contributed by atoms with van der Waals surface area (Å²) in [6.07, 6.45) is 0. The van der Waals surface area contributed by atoms with Crippen LogP contribution in [0.25, 0.3) is 0 Å². The van der Waals surface area contributed by atoms with Gasteiger partial charge in [-0.05, 0) is 17.5 Å². The fourth-order valence-corrected chi connectivity index (χ4v) is 1.21. The first-order valence-electron chi connectivity index (χ1n) is 4.24. The van der Waals surface area contributed by atoms with Gasteiger partial charge in [0.15, 0.2) is 6.07 Å². The van der Waals surface area contributed by atoms with Gasteiger partial charge in [-0.15, -0.1) is 0 Å². The molecular weight excluding hydrogens is 158 g/mol. The quantitative estimate of drug-likeness (QED) is 0.593. The largest absolute Gasteiger partial charge is 0.183 e. The monoisotopic (exact) mass is 169 g/mol. The molecule has 0 aromatic heterocycles. The fourth-order valence-electron chi connectivity index (χ4n) is 1.21. The van der Waals surface area contributed by atoms with Crippen LogP contribution < -0.4 is 0 Å². The van der Waals surface area contributed by atoms with E-state index in [4.69, 9.17) is 5.26 Å². The molecule has 0 spiro atoms. The summed E-state index contributed by atoms with van der Waals surface area (Å²) in [6, 6.07) is 9.74. The minimum atomic E-state index is 0.448. The van der Waals surface area contributed by atoms with Gasteiger partial charge in [0.25, 0.3) is 0 Å². The Morgan fingerprint density at radius 3 is 2.54 bits per heavy atom. The van der Waals surface area contributed by atoms with Gasteiger partial charge in [-0.3, -0.25) is 0 Å². The molecule has 0 radical (unpaired) electrons. The molecule has 0 aliphatic carbocycles. The van der Waals surface area contributed by atoms with E-state index in [0.717, 1.165) is 5.56 Å². The molecule has 64 valence electrons. The average Bonchev–Trinajstić information content (AvgIpc) is 2.15. The minimum absolute atomic E-state index is 0.448. The third-order valence-corrected chi connectivity index (χ3v) is 1.84. The molecule has 0 fully saturated rings. The molecular formula is C12H11N.